The Labute approximate surface area is 191 Å². The predicted molar refractivity (Wildman–Crippen MR) is 134 cm³/mol. The zero-order valence-electron chi connectivity index (χ0n) is 18.3. The summed E-state index contributed by atoms with van der Waals surface area (Å²) in [5.41, 5.74) is 1.97. The van der Waals surface area contributed by atoms with E-state index < -0.39 is 8.32 Å². The van der Waals surface area contributed by atoms with Gasteiger partial charge in [-0.25, -0.2) is 0 Å². The van der Waals surface area contributed by atoms with Crippen LogP contribution in [0.1, 0.15) is 32.0 Å². The van der Waals surface area contributed by atoms with Gasteiger partial charge in [-0.2, -0.15) is 0 Å². The van der Waals surface area contributed by atoms with Crippen molar-refractivity contribution in [1.29, 1.82) is 0 Å². The highest BCUT2D eigenvalue weighted by Crippen LogP contribution is 2.38. The molecule has 0 N–H and O–H groups in total. The molecular formula is C27H28ClNOSi. The van der Waals surface area contributed by atoms with E-state index in [1.807, 2.05) is 12.3 Å². The predicted octanol–water partition coefficient (Wildman–Crippen LogP) is 6.05. The van der Waals surface area contributed by atoms with Gasteiger partial charge in [-0.15, -0.1) is 11.6 Å². The molecule has 158 valence electrons. The first-order chi connectivity index (χ1) is 15.0. The van der Waals surface area contributed by atoms with Gasteiger partial charge in [0, 0.05) is 17.1 Å². The molecule has 4 rings (SSSR count). The maximum absolute atomic E-state index is 7.14. The summed E-state index contributed by atoms with van der Waals surface area (Å²) < 4.78 is 7.14. The third-order valence-electron chi connectivity index (χ3n) is 5.97. The summed E-state index contributed by atoms with van der Waals surface area (Å²) in [4.78, 5) is 4.64. The number of aromatic nitrogens is 1. The van der Waals surface area contributed by atoms with Gasteiger partial charge in [0.2, 0.25) is 0 Å². The Bertz CT molecular complexity index is 1120. The second-order valence-corrected chi connectivity index (χ2v) is 13.4. The Balaban J connectivity index is 1.88. The van der Waals surface area contributed by atoms with Gasteiger partial charge in [-0.3, -0.25) is 4.98 Å². The average molecular weight is 446 g/mol. The molecule has 3 aromatic carbocycles. The van der Waals surface area contributed by atoms with E-state index in [9.17, 15) is 0 Å². The Hall–Kier alpha value is -2.46. The fourth-order valence-corrected chi connectivity index (χ4v) is 9.23. The van der Waals surface area contributed by atoms with Crippen molar-refractivity contribution in [3.05, 3.63) is 102 Å². The van der Waals surface area contributed by atoms with Gasteiger partial charge < -0.3 is 4.43 Å². The van der Waals surface area contributed by atoms with Crippen LogP contribution in [-0.2, 0) is 16.9 Å². The van der Waals surface area contributed by atoms with E-state index in [0.29, 0.717) is 12.5 Å². The summed E-state index contributed by atoms with van der Waals surface area (Å²) in [6.45, 7) is 7.36. The number of pyridine rings is 1. The number of hydrogen-bond donors (Lipinski definition) is 0. The minimum Gasteiger partial charge on any atom is -0.403 e. The molecule has 0 amide bonds. The smallest absolute Gasteiger partial charge is 0.261 e. The molecule has 31 heavy (non-hydrogen) atoms. The summed E-state index contributed by atoms with van der Waals surface area (Å²) >= 11 is 6.30. The normalized spacial score (nSPS) is 12.3. The van der Waals surface area contributed by atoms with Crippen LogP contribution in [0.15, 0.2) is 91.1 Å². The first-order valence-electron chi connectivity index (χ1n) is 10.6. The minimum absolute atomic E-state index is 0.0746. The zero-order valence-corrected chi connectivity index (χ0v) is 20.1. The molecule has 0 aliphatic carbocycles. The second-order valence-electron chi connectivity index (χ2n) is 8.86. The molecule has 2 nitrogen and oxygen atoms in total. The maximum atomic E-state index is 7.14. The summed E-state index contributed by atoms with van der Waals surface area (Å²) in [6.07, 6.45) is 1.90. The average Bonchev–Trinajstić information content (AvgIpc) is 2.80. The van der Waals surface area contributed by atoms with E-state index in [1.165, 1.54) is 10.4 Å². The van der Waals surface area contributed by atoms with Gasteiger partial charge in [-0.1, -0.05) is 106 Å². The van der Waals surface area contributed by atoms with Crippen molar-refractivity contribution in [3.63, 3.8) is 0 Å². The second kappa shape index (κ2) is 8.95. The van der Waals surface area contributed by atoms with Crippen LogP contribution in [0.5, 0.6) is 0 Å². The molecule has 0 aliphatic heterocycles. The van der Waals surface area contributed by atoms with Crippen LogP contribution in [0.4, 0.5) is 0 Å². The summed E-state index contributed by atoms with van der Waals surface area (Å²) in [5.74, 6) is 0.365. The molecule has 1 heterocycles. The van der Waals surface area contributed by atoms with Crippen LogP contribution >= 0.6 is 11.6 Å². The van der Waals surface area contributed by atoms with Crippen molar-refractivity contribution in [2.45, 2.75) is 38.3 Å². The molecule has 0 atom stereocenters. The van der Waals surface area contributed by atoms with Crippen molar-refractivity contribution in [2.24, 2.45) is 0 Å². The van der Waals surface area contributed by atoms with Gasteiger partial charge in [0.05, 0.1) is 18.2 Å². The molecule has 0 unspecified atom stereocenters. The van der Waals surface area contributed by atoms with Gasteiger partial charge in [0.15, 0.2) is 0 Å². The number of hydrogen-bond acceptors (Lipinski definition) is 2. The van der Waals surface area contributed by atoms with E-state index in [0.717, 1.165) is 22.0 Å². The molecule has 0 radical (unpaired) electrons. The lowest BCUT2D eigenvalue weighted by molar-refractivity contribution is 0.286. The van der Waals surface area contributed by atoms with Crippen LogP contribution in [0, 0.1) is 0 Å². The quantitative estimate of drug-likeness (QED) is 0.266. The van der Waals surface area contributed by atoms with Crippen LogP contribution < -0.4 is 10.4 Å². The molecule has 4 heteroatoms. The Morgan fingerprint density at radius 3 is 1.90 bits per heavy atom. The number of halogens is 1. The summed E-state index contributed by atoms with van der Waals surface area (Å²) in [7, 11) is -2.63. The van der Waals surface area contributed by atoms with E-state index >= 15 is 0 Å². The minimum atomic E-state index is -2.63. The molecule has 0 aliphatic rings. The first-order valence-corrected chi connectivity index (χ1v) is 13.1. The number of nitrogens with zero attached hydrogens (tertiary/aromatic N) is 1. The number of alkyl halides is 1. The van der Waals surface area contributed by atoms with Gasteiger partial charge >= 0.3 is 0 Å². The Kier molecular flexibility index (Phi) is 6.28. The number of rotatable bonds is 6. The lowest BCUT2D eigenvalue weighted by Gasteiger charge is -2.43. The lowest BCUT2D eigenvalue weighted by Crippen LogP contribution is -2.66. The summed E-state index contributed by atoms with van der Waals surface area (Å²) in [5, 5.41) is 4.74. The highest BCUT2D eigenvalue weighted by molar-refractivity contribution is 6.99. The molecule has 0 fully saturated rings. The monoisotopic (exact) mass is 445 g/mol. The van der Waals surface area contributed by atoms with Crippen molar-refractivity contribution in [2.75, 3.05) is 0 Å². The van der Waals surface area contributed by atoms with Gasteiger partial charge in [-0.05, 0) is 20.8 Å². The standard InChI is InChI=1S/C27H28ClNOSi/c1-27(2,3)31(22-13-6-4-7-14-22,23-15-8-5-9-16-23)30-20-25-24-17-11-10-12-21(24)19-29-26(25)18-28/h4-17,19H,18,20H2,1-3H3. The summed E-state index contributed by atoms with van der Waals surface area (Å²) in [6, 6.07) is 29.8. The third kappa shape index (κ3) is 4.06. The van der Waals surface area contributed by atoms with Crippen molar-refractivity contribution in [1.82, 2.24) is 4.98 Å². The van der Waals surface area contributed by atoms with E-state index in [4.69, 9.17) is 16.0 Å². The van der Waals surface area contributed by atoms with E-state index in [2.05, 4.69) is 105 Å². The lowest BCUT2D eigenvalue weighted by atomic mass is 10.1. The highest BCUT2D eigenvalue weighted by Gasteiger charge is 2.50. The van der Waals surface area contributed by atoms with Crippen molar-refractivity contribution >= 4 is 41.1 Å². The number of benzene rings is 3. The van der Waals surface area contributed by atoms with E-state index in [1.54, 1.807) is 0 Å². The van der Waals surface area contributed by atoms with Crippen LogP contribution in [0.3, 0.4) is 0 Å². The molecule has 1 aromatic heterocycles. The highest BCUT2D eigenvalue weighted by atomic mass is 35.5. The molecule has 4 aromatic rings. The van der Waals surface area contributed by atoms with Crippen LogP contribution in [-0.4, -0.2) is 13.3 Å². The molecular weight excluding hydrogens is 418 g/mol. The fraction of sp³-hybridized carbons (Fsp3) is 0.222. The van der Waals surface area contributed by atoms with Crippen LogP contribution in [0.25, 0.3) is 10.8 Å². The van der Waals surface area contributed by atoms with Crippen molar-refractivity contribution in [3.8, 4) is 0 Å². The van der Waals surface area contributed by atoms with Crippen LogP contribution in [0.2, 0.25) is 5.04 Å². The fourth-order valence-electron chi connectivity index (χ4n) is 4.48. The Morgan fingerprint density at radius 2 is 1.35 bits per heavy atom. The molecule has 0 spiro atoms. The van der Waals surface area contributed by atoms with Gasteiger partial charge in [0.1, 0.15) is 0 Å². The van der Waals surface area contributed by atoms with E-state index in [-0.39, 0.29) is 5.04 Å². The largest absolute Gasteiger partial charge is 0.403 e. The maximum Gasteiger partial charge on any atom is 0.261 e. The SMILES string of the molecule is CC(C)(C)[Si](OCc1c(CCl)ncc2ccccc12)(c1ccccc1)c1ccccc1. The molecule has 0 saturated heterocycles. The Morgan fingerprint density at radius 1 is 0.806 bits per heavy atom. The zero-order chi connectivity index (χ0) is 21.9. The molecule has 0 bridgehead atoms. The number of fused-ring (bicyclic) bond motifs is 1. The first kappa shape index (κ1) is 21.8. The topological polar surface area (TPSA) is 22.1 Å². The molecule has 0 saturated carbocycles. The third-order valence-corrected chi connectivity index (χ3v) is 11.2. The van der Waals surface area contributed by atoms with Crippen molar-refractivity contribution < 1.29 is 4.43 Å². The van der Waals surface area contributed by atoms with Gasteiger partial charge in [0.25, 0.3) is 8.32 Å².